The van der Waals surface area contributed by atoms with E-state index >= 15 is 0 Å². The van der Waals surface area contributed by atoms with Crippen molar-refractivity contribution in [3.63, 3.8) is 0 Å². The molecule has 0 radical (unpaired) electrons. The van der Waals surface area contributed by atoms with Gasteiger partial charge in [-0.25, -0.2) is 4.39 Å². The molecule has 1 saturated carbocycles. The van der Waals surface area contributed by atoms with Crippen molar-refractivity contribution in [3.8, 4) is 0 Å². The molecule has 1 fully saturated rings. The predicted octanol–water partition coefficient (Wildman–Crippen LogP) is 2.78. The van der Waals surface area contributed by atoms with Crippen LogP contribution >= 0.6 is 0 Å². The normalized spacial score (nSPS) is 42.0. The van der Waals surface area contributed by atoms with Gasteiger partial charge in [-0.15, -0.1) is 0 Å². The van der Waals surface area contributed by atoms with Crippen LogP contribution in [-0.2, 0) is 0 Å². The van der Waals surface area contributed by atoms with Crippen LogP contribution < -0.4 is 0 Å². The van der Waals surface area contributed by atoms with E-state index in [0.717, 1.165) is 6.42 Å². The summed E-state index contributed by atoms with van der Waals surface area (Å²) in [6.45, 7) is 6.46. The molecule has 1 nitrogen and oxygen atoms in total. The van der Waals surface area contributed by atoms with E-state index in [1.54, 1.807) is 0 Å². The number of hydrogen-bond acceptors (Lipinski definition) is 1. The van der Waals surface area contributed by atoms with Gasteiger partial charge in [0.25, 0.3) is 0 Å². The van der Waals surface area contributed by atoms with Gasteiger partial charge in [-0.2, -0.15) is 0 Å². The predicted molar refractivity (Wildman–Crippen MR) is 52.2 cm³/mol. The van der Waals surface area contributed by atoms with Crippen LogP contribution in [0.4, 0.5) is 4.39 Å². The fraction of sp³-hybridized carbons (Fsp3) is 1.00. The zero-order valence-corrected chi connectivity index (χ0v) is 8.83. The zero-order chi connectivity index (χ0) is 10.0. The quantitative estimate of drug-likeness (QED) is 0.627. The summed E-state index contributed by atoms with van der Waals surface area (Å²) >= 11 is 0. The number of halogens is 1. The molecule has 0 aromatic rings. The molecule has 0 spiro atoms. The van der Waals surface area contributed by atoms with E-state index in [0.29, 0.717) is 30.6 Å². The summed E-state index contributed by atoms with van der Waals surface area (Å²) in [5.74, 6) is 1.51. The highest BCUT2D eigenvalue weighted by Crippen LogP contribution is 2.34. The van der Waals surface area contributed by atoms with Crippen LogP contribution in [0.15, 0.2) is 0 Å². The highest BCUT2D eigenvalue weighted by Gasteiger charge is 2.32. The highest BCUT2D eigenvalue weighted by atomic mass is 19.1. The molecular formula is C11H21FO. The van der Waals surface area contributed by atoms with Gasteiger partial charge in [0.1, 0.15) is 6.17 Å². The Kier molecular flexibility index (Phi) is 3.72. The first-order valence-electron chi connectivity index (χ1n) is 5.34. The van der Waals surface area contributed by atoms with Crippen LogP contribution in [0.1, 0.15) is 40.0 Å². The lowest BCUT2D eigenvalue weighted by atomic mass is 9.81. The lowest BCUT2D eigenvalue weighted by Crippen LogP contribution is -2.24. The molecule has 0 heterocycles. The molecule has 0 bridgehead atoms. The summed E-state index contributed by atoms with van der Waals surface area (Å²) in [6, 6.07) is 0. The van der Waals surface area contributed by atoms with Gasteiger partial charge in [-0.3, -0.25) is 0 Å². The average Bonchev–Trinajstić information content (AvgIpc) is 2.18. The molecule has 0 aromatic carbocycles. The van der Waals surface area contributed by atoms with Gasteiger partial charge in [0.15, 0.2) is 0 Å². The molecule has 13 heavy (non-hydrogen) atoms. The number of hydrogen-bond donors (Lipinski definition) is 1. The molecular weight excluding hydrogens is 167 g/mol. The Labute approximate surface area is 80.3 Å². The van der Waals surface area contributed by atoms with Crippen molar-refractivity contribution in [2.75, 3.05) is 0 Å². The summed E-state index contributed by atoms with van der Waals surface area (Å²) in [5.41, 5.74) is 0. The van der Waals surface area contributed by atoms with Crippen molar-refractivity contribution in [1.29, 1.82) is 0 Å². The van der Waals surface area contributed by atoms with E-state index in [4.69, 9.17) is 0 Å². The number of alkyl halides is 1. The largest absolute Gasteiger partial charge is 0.390 e. The van der Waals surface area contributed by atoms with E-state index in [2.05, 4.69) is 20.8 Å². The van der Waals surface area contributed by atoms with Gasteiger partial charge in [-0.1, -0.05) is 20.8 Å². The van der Waals surface area contributed by atoms with Gasteiger partial charge in [0, 0.05) is 0 Å². The second-order valence-corrected chi connectivity index (χ2v) is 4.78. The van der Waals surface area contributed by atoms with Gasteiger partial charge in [-0.05, 0) is 37.0 Å². The van der Waals surface area contributed by atoms with Crippen LogP contribution in [0.2, 0.25) is 0 Å². The monoisotopic (exact) mass is 188 g/mol. The van der Waals surface area contributed by atoms with Crippen LogP contribution in [0, 0.1) is 17.8 Å². The topological polar surface area (TPSA) is 20.2 Å². The maximum atomic E-state index is 13.4. The molecule has 4 atom stereocenters. The Balaban J connectivity index is 2.62. The van der Waals surface area contributed by atoms with Crippen LogP contribution in [0.3, 0.4) is 0 Å². The molecule has 0 aliphatic heterocycles. The van der Waals surface area contributed by atoms with Gasteiger partial charge in [0.05, 0.1) is 6.10 Å². The molecule has 1 aliphatic rings. The van der Waals surface area contributed by atoms with Gasteiger partial charge in [0.2, 0.25) is 0 Å². The van der Waals surface area contributed by atoms with E-state index < -0.39 is 12.3 Å². The molecule has 0 amide bonds. The third-order valence-corrected chi connectivity index (χ3v) is 3.42. The van der Waals surface area contributed by atoms with Crippen LogP contribution in [-0.4, -0.2) is 17.4 Å². The van der Waals surface area contributed by atoms with Crippen molar-refractivity contribution in [1.82, 2.24) is 0 Å². The minimum atomic E-state index is -1.00. The molecule has 1 N–H and O–H groups in total. The van der Waals surface area contributed by atoms with Crippen molar-refractivity contribution in [2.45, 2.75) is 52.3 Å². The summed E-state index contributed by atoms with van der Waals surface area (Å²) in [6.07, 6.45) is 0.416. The fourth-order valence-electron chi connectivity index (χ4n) is 2.41. The van der Waals surface area contributed by atoms with E-state index in [-0.39, 0.29) is 0 Å². The van der Waals surface area contributed by atoms with Crippen LogP contribution in [0.5, 0.6) is 0 Å². The van der Waals surface area contributed by atoms with Crippen molar-refractivity contribution in [2.24, 2.45) is 17.8 Å². The Bertz CT molecular complexity index is 158. The molecule has 1 aliphatic carbocycles. The molecule has 1 rings (SSSR count). The zero-order valence-electron chi connectivity index (χ0n) is 8.83. The number of aliphatic hydroxyl groups is 1. The number of aliphatic hydroxyl groups excluding tert-OH is 1. The summed E-state index contributed by atoms with van der Waals surface area (Å²) in [4.78, 5) is 0. The maximum Gasteiger partial charge on any atom is 0.126 e. The van der Waals surface area contributed by atoms with E-state index in [9.17, 15) is 9.50 Å². The van der Waals surface area contributed by atoms with E-state index in [1.165, 1.54) is 0 Å². The Hall–Kier alpha value is -0.110. The lowest BCUT2D eigenvalue weighted by Gasteiger charge is -2.25. The first-order valence-corrected chi connectivity index (χ1v) is 5.34. The second-order valence-electron chi connectivity index (χ2n) is 4.78. The third kappa shape index (κ3) is 2.67. The van der Waals surface area contributed by atoms with Gasteiger partial charge >= 0.3 is 0 Å². The maximum absolute atomic E-state index is 13.4. The van der Waals surface area contributed by atoms with Crippen LogP contribution in [0.25, 0.3) is 0 Å². The SMILES string of the molecule is CC(C)[C@H]1CC(F)C(O)CCC1C. The number of rotatable bonds is 1. The molecule has 78 valence electrons. The second kappa shape index (κ2) is 4.41. The minimum Gasteiger partial charge on any atom is -0.390 e. The summed E-state index contributed by atoms with van der Waals surface area (Å²) in [7, 11) is 0. The Morgan fingerprint density at radius 3 is 2.46 bits per heavy atom. The van der Waals surface area contributed by atoms with Crippen molar-refractivity contribution >= 4 is 0 Å². The first kappa shape index (κ1) is 11.0. The Morgan fingerprint density at radius 1 is 1.31 bits per heavy atom. The summed E-state index contributed by atoms with van der Waals surface area (Å²) < 4.78 is 13.4. The summed E-state index contributed by atoms with van der Waals surface area (Å²) in [5, 5.41) is 9.40. The molecule has 0 aromatic heterocycles. The minimum absolute atomic E-state index is 0.437. The van der Waals surface area contributed by atoms with Crippen molar-refractivity contribution in [3.05, 3.63) is 0 Å². The first-order chi connectivity index (χ1) is 6.02. The fourth-order valence-corrected chi connectivity index (χ4v) is 2.41. The molecule has 3 unspecified atom stereocenters. The lowest BCUT2D eigenvalue weighted by molar-refractivity contribution is 0.0642. The standard InChI is InChI=1S/C11H21FO/c1-7(2)9-6-10(12)11(13)5-4-8(9)3/h7-11,13H,4-6H2,1-3H3/t8?,9-,10?,11?/m1/s1. The Morgan fingerprint density at radius 2 is 1.92 bits per heavy atom. The molecule has 0 saturated heterocycles. The third-order valence-electron chi connectivity index (χ3n) is 3.42. The smallest absolute Gasteiger partial charge is 0.126 e. The molecule has 2 heteroatoms. The van der Waals surface area contributed by atoms with E-state index in [1.807, 2.05) is 0 Å². The average molecular weight is 188 g/mol. The van der Waals surface area contributed by atoms with Gasteiger partial charge < -0.3 is 5.11 Å². The highest BCUT2D eigenvalue weighted by molar-refractivity contribution is 4.82. The van der Waals surface area contributed by atoms with Crippen molar-refractivity contribution < 1.29 is 9.50 Å².